The summed E-state index contributed by atoms with van der Waals surface area (Å²) in [4.78, 5) is 21.7. The van der Waals surface area contributed by atoms with Crippen molar-refractivity contribution >= 4 is 20.4 Å². The van der Waals surface area contributed by atoms with Crippen molar-refractivity contribution in [3.63, 3.8) is 0 Å². The fourth-order valence-electron chi connectivity index (χ4n) is 0.917. The van der Waals surface area contributed by atoms with Crippen LogP contribution >= 0.6 is 0 Å². The third-order valence-corrected chi connectivity index (χ3v) is 7.49. The van der Waals surface area contributed by atoms with E-state index in [1.807, 2.05) is 0 Å². The van der Waals surface area contributed by atoms with Crippen LogP contribution in [-0.4, -0.2) is 26.5 Å². The number of rotatable bonds is 5. The first kappa shape index (κ1) is 14.5. The molecule has 0 unspecified atom stereocenters. The number of hydrogen-bond acceptors (Lipinski definition) is 3. The Bertz CT molecular complexity index is 241. The highest BCUT2D eigenvalue weighted by molar-refractivity contribution is 6.74. The maximum atomic E-state index is 11.3. The van der Waals surface area contributed by atoms with Gasteiger partial charge in [0.15, 0.2) is 14.1 Å². The van der Waals surface area contributed by atoms with Crippen molar-refractivity contribution in [2.24, 2.45) is 0 Å². The van der Waals surface area contributed by atoms with Gasteiger partial charge in [0.25, 0.3) is 0 Å². The SMILES string of the molecule is CC(=O)[C@H](CC=O)O[Si](C)(C)C(C)(C)C. The third kappa shape index (κ3) is 4.26. The van der Waals surface area contributed by atoms with E-state index in [1.165, 1.54) is 6.92 Å². The first-order valence-electron chi connectivity index (χ1n) is 5.23. The van der Waals surface area contributed by atoms with E-state index in [-0.39, 0.29) is 17.2 Å². The predicted molar refractivity (Wildman–Crippen MR) is 63.4 cm³/mol. The lowest BCUT2D eigenvalue weighted by Gasteiger charge is -2.38. The molecule has 0 aliphatic heterocycles. The number of Topliss-reactive ketones (excluding diaryl/α,β-unsaturated/α-hetero) is 1. The van der Waals surface area contributed by atoms with Gasteiger partial charge in [-0.15, -0.1) is 0 Å². The summed E-state index contributed by atoms with van der Waals surface area (Å²) in [5.74, 6) is -0.0630. The van der Waals surface area contributed by atoms with Crippen LogP contribution in [0.4, 0.5) is 0 Å². The lowest BCUT2D eigenvalue weighted by molar-refractivity contribution is -0.126. The average molecular weight is 230 g/mol. The van der Waals surface area contributed by atoms with Crippen LogP contribution in [0.25, 0.3) is 0 Å². The molecule has 0 rings (SSSR count). The molecule has 0 heterocycles. The Labute approximate surface area is 93.3 Å². The van der Waals surface area contributed by atoms with E-state index in [9.17, 15) is 9.59 Å². The van der Waals surface area contributed by atoms with E-state index >= 15 is 0 Å². The standard InChI is InChI=1S/C11H22O3Si/c1-9(13)10(7-8-12)14-15(5,6)11(2,3)4/h8,10H,7H2,1-6H3/t10-/m0/s1. The summed E-state index contributed by atoms with van der Waals surface area (Å²) in [6, 6.07) is 0. The summed E-state index contributed by atoms with van der Waals surface area (Å²) in [6.07, 6.45) is 0.365. The van der Waals surface area contributed by atoms with Crippen molar-refractivity contribution in [3.05, 3.63) is 0 Å². The molecule has 0 fully saturated rings. The lowest BCUT2D eigenvalue weighted by Crippen LogP contribution is -2.45. The van der Waals surface area contributed by atoms with E-state index in [1.54, 1.807) is 0 Å². The monoisotopic (exact) mass is 230 g/mol. The lowest BCUT2D eigenvalue weighted by atomic mass is 10.2. The second-order valence-electron chi connectivity index (χ2n) is 5.38. The summed E-state index contributed by atoms with van der Waals surface area (Å²) in [5.41, 5.74) is 0. The van der Waals surface area contributed by atoms with Gasteiger partial charge in [-0.05, 0) is 25.1 Å². The molecule has 0 radical (unpaired) electrons. The minimum Gasteiger partial charge on any atom is -0.406 e. The second-order valence-corrected chi connectivity index (χ2v) is 10.1. The molecular formula is C11H22O3Si. The van der Waals surface area contributed by atoms with Gasteiger partial charge < -0.3 is 9.22 Å². The minimum atomic E-state index is -1.95. The highest BCUT2D eigenvalue weighted by Crippen LogP contribution is 2.37. The number of hydrogen-bond donors (Lipinski definition) is 0. The Hall–Kier alpha value is -0.483. The van der Waals surface area contributed by atoms with Crippen LogP contribution < -0.4 is 0 Å². The first-order valence-corrected chi connectivity index (χ1v) is 8.14. The van der Waals surface area contributed by atoms with E-state index in [0.29, 0.717) is 0 Å². The van der Waals surface area contributed by atoms with Crippen LogP contribution in [0, 0.1) is 0 Å². The molecule has 15 heavy (non-hydrogen) atoms. The zero-order valence-electron chi connectivity index (χ0n) is 10.6. The molecule has 0 aromatic heterocycles. The Kier molecular flexibility index (Phi) is 4.87. The van der Waals surface area contributed by atoms with Gasteiger partial charge in [0.1, 0.15) is 12.4 Å². The zero-order valence-corrected chi connectivity index (χ0v) is 11.6. The molecule has 0 aliphatic rings. The Morgan fingerprint density at radius 3 is 2.13 bits per heavy atom. The molecule has 0 bridgehead atoms. The second kappa shape index (κ2) is 5.03. The van der Waals surface area contributed by atoms with Gasteiger partial charge >= 0.3 is 0 Å². The minimum absolute atomic E-state index is 0.0591. The maximum Gasteiger partial charge on any atom is 0.193 e. The summed E-state index contributed by atoms with van der Waals surface area (Å²) in [5, 5.41) is 0.0591. The van der Waals surface area contributed by atoms with Gasteiger partial charge in [-0.1, -0.05) is 20.8 Å². The molecule has 0 N–H and O–H groups in total. The Balaban J connectivity index is 4.66. The molecule has 4 heteroatoms. The van der Waals surface area contributed by atoms with Gasteiger partial charge in [0, 0.05) is 6.42 Å². The largest absolute Gasteiger partial charge is 0.406 e. The van der Waals surface area contributed by atoms with Gasteiger partial charge in [-0.2, -0.15) is 0 Å². The molecule has 0 aromatic rings. The van der Waals surface area contributed by atoms with Gasteiger partial charge in [-0.25, -0.2) is 0 Å². The van der Waals surface area contributed by atoms with E-state index in [4.69, 9.17) is 4.43 Å². The summed E-state index contributed by atoms with van der Waals surface area (Å²) in [7, 11) is -1.95. The fraction of sp³-hybridized carbons (Fsp3) is 0.818. The fourth-order valence-corrected chi connectivity index (χ4v) is 2.24. The molecule has 0 spiro atoms. The summed E-state index contributed by atoms with van der Waals surface area (Å²) >= 11 is 0. The van der Waals surface area contributed by atoms with Crippen LogP contribution in [0.3, 0.4) is 0 Å². The third-order valence-electron chi connectivity index (χ3n) is 3.01. The van der Waals surface area contributed by atoms with Crippen LogP contribution in [-0.2, 0) is 14.0 Å². The van der Waals surface area contributed by atoms with Crippen LogP contribution in [0.5, 0.6) is 0 Å². The summed E-state index contributed by atoms with van der Waals surface area (Å²) < 4.78 is 5.86. The molecule has 3 nitrogen and oxygen atoms in total. The molecule has 0 aromatic carbocycles. The Morgan fingerprint density at radius 2 is 1.87 bits per heavy atom. The number of aldehydes is 1. The molecule has 0 saturated carbocycles. The molecule has 0 saturated heterocycles. The van der Waals surface area contributed by atoms with E-state index in [2.05, 4.69) is 33.9 Å². The molecule has 88 valence electrons. The zero-order chi connectivity index (χ0) is 12.3. The molecule has 0 amide bonds. The smallest absolute Gasteiger partial charge is 0.193 e. The predicted octanol–water partition coefficient (Wildman–Crippen LogP) is 2.55. The topological polar surface area (TPSA) is 43.4 Å². The van der Waals surface area contributed by atoms with Crippen LogP contribution in [0.1, 0.15) is 34.1 Å². The number of ketones is 1. The number of carbonyl (C=O) groups is 2. The first-order chi connectivity index (χ1) is 6.62. The van der Waals surface area contributed by atoms with Gasteiger partial charge in [0.05, 0.1) is 0 Å². The van der Waals surface area contributed by atoms with Crippen molar-refractivity contribution in [2.75, 3.05) is 0 Å². The van der Waals surface area contributed by atoms with Crippen molar-refractivity contribution in [3.8, 4) is 0 Å². The van der Waals surface area contributed by atoms with Crippen molar-refractivity contribution in [2.45, 2.75) is 58.4 Å². The van der Waals surface area contributed by atoms with Crippen LogP contribution in [0.15, 0.2) is 0 Å². The normalized spacial score (nSPS) is 14.8. The van der Waals surface area contributed by atoms with Crippen molar-refractivity contribution in [1.82, 2.24) is 0 Å². The van der Waals surface area contributed by atoms with Crippen LogP contribution in [0.2, 0.25) is 18.1 Å². The van der Waals surface area contributed by atoms with Gasteiger partial charge in [-0.3, -0.25) is 4.79 Å². The highest BCUT2D eigenvalue weighted by atomic mass is 28.4. The van der Waals surface area contributed by atoms with E-state index in [0.717, 1.165) is 6.29 Å². The maximum absolute atomic E-state index is 11.3. The summed E-state index contributed by atoms with van der Waals surface area (Å²) in [6.45, 7) is 12.0. The van der Waals surface area contributed by atoms with Crippen molar-refractivity contribution < 1.29 is 14.0 Å². The molecular weight excluding hydrogens is 208 g/mol. The number of carbonyl (C=O) groups excluding carboxylic acids is 2. The highest BCUT2D eigenvalue weighted by Gasteiger charge is 2.39. The van der Waals surface area contributed by atoms with E-state index < -0.39 is 14.4 Å². The molecule has 1 atom stereocenters. The Morgan fingerprint density at radius 1 is 1.40 bits per heavy atom. The quantitative estimate of drug-likeness (QED) is 0.538. The van der Waals surface area contributed by atoms with Crippen molar-refractivity contribution in [1.29, 1.82) is 0 Å². The average Bonchev–Trinajstić information content (AvgIpc) is 2.00. The van der Waals surface area contributed by atoms with Gasteiger partial charge in [0.2, 0.25) is 0 Å². The molecule has 0 aliphatic carbocycles.